The van der Waals surface area contributed by atoms with Crippen molar-refractivity contribution in [1.82, 2.24) is 4.98 Å². The van der Waals surface area contributed by atoms with Gasteiger partial charge >= 0.3 is 0 Å². The lowest BCUT2D eigenvalue weighted by Gasteiger charge is -2.01. The Morgan fingerprint density at radius 1 is 1.47 bits per heavy atom. The largest absolute Gasteiger partial charge is 0.375 e. The predicted octanol–water partition coefficient (Wildman–Crippen LogP) is 3.22. The summed E-state index contributed by atoms with van der Waals surface area (Å²) in [6.07, 6.45) is 2.21. The maximum Gasteiger partial charge on any atom is 0.180 e. The van der Waals surface area contributed by atoms with Crippen LogP contribution < -0.4 is 5.73 Å². The average Bonchev–Trinajstić information content (AvgIpc) is 2.58. The number of thiazole rings is 1. The maximum atomic E-state index is 13.4. The fraction of sp³-hybridized carbons (Fsp3) is 0.100. The molecule has 2 nitrogen and oxygen atoms in total. The monoisotopic (exact) mass is 286 g/mol. The number of hydrogen-bond donors (Lipinski definition) is 1. The van der Waals surface area contributed by atoms with Crippen LogP contribution >= 0.6 is 27.3 Å². The lowest BCUT2D eigenvalue weighted by molar-refractivity contribution is 0.614. The van der Waals surface area contributed by atoms with E-state index in [2.05, 4.69) is 20.9 Å². The summed E-state index contributed by atoms with van der Waals surface area (Å²) in [5.41, 5.74) is 6.15. The molecule has 0 atom stereocenters. The number of aromatic nitrogens is 1. The second-order valence-electron chi connectivity index (χ2n) is 3.08. The number of nitrogens with two attached hydrogens (primary N) is 1. The Morgan fingerprint density at radius 2 is 2.27 bits per heavy atom. The molecule has 0 saturated carbocycles. The number of hydrogen-bond acceptors (Lipinski definition) is 3. The summed E-state index contributed by atoms with van der Waals surface area (Å²) in [6.45, 7) is 0. The van der Waals surface area contributed by atoms with E-state index in [0.717, 1.165) is 9.35 Å². The van der Waals surface area contributed by atoms with Crippen LogP contribution in [0, 0.1) is 5.82 Å². The van der Waals surface area contributed by atoms with Crippen LogP contribution in [0.3, 0.4) is 0 Å². The number of benzene rings is 1. The lowest BCUT2D eigenvalue weighted by atomic mass is 10.1. The van der Waals surface area contributed by atoms with Crippen molar-refractivity contribution < 1.29 is 4.39 Å². The van der Waals surface area contributed by atoms with Crippen LogP contribution in [-0.4, -0.2) is 4.98 Å². The molecule has 0 aliphatic carbocycles. The summed E-state index contributed by atoms with van der Waals surface area (Å²) >= 11 is 4.69. The first-order valence-electron chi connectivity index (χ1n) is 4.29. The highest BCUT2D eigenvalue weighted by Crippen LogP contribution is 2.22. The standard InChI is InChI=1S/C10H8BrFN2S/c11-7-1-2-9(12)6(3-7)4-8-5-14-10(13)15-8/h1-3,5H,4H2,(H2,13,14). The van der Waals surface area contributed by atoms with Gasteiger partial charge in [-0.3, -0.25) is 0 Å². The van der Waals surface area contributed by atoms with Gasteiger partial charge in [-0.05, 0) is 23.8 Å². The summed E-state index contributed by atoms with van der Waals surface area (Å²) in [5, 5.41) is 0.514. The van der Waals surface area contributed by atoms with Crippen LogP contribution in [0.15, 0.2) is 28.9 Å². The highest BCUT2D eigenvalue weighted by atomic mass is 79.9. The molecule has 2 N–H and O–H groups in total. The van der Waals surface area contributed by atoms with Gasteiger partial charge in [0.05, 0.1) is 0 Å². The van der Waals surface area contributed by atoms with Crippen molar-refractivity contribution in [2.45, 2.75) is 6.42 Å². The minimum atomic E-state index is -0.204. The van der Waals surface area contributed by atoms with Gasteiger partial charge in [0.2, 0.25) is 0 Å². The molecule has 0 radical (unpaired) electrons. The number of nitrogens with zero attached hydrogens (tertiary/aromatic N) is 1. The zero-order chi connectivity index (χ0) is 10.8. The van der Waals surface area contributed by atoms with Crippen molar-refractivity contribution in [2.24, 2.45) is 0 Å². The molecule has 0 spiro atoms. The van der Waals surface area contributed by atoms with Crippen molar-refractivity contribution in [1.29, 1.82) is 0 Å². The smallest absolute Gasteiger partial charge is 0.180 e. The van der Waals surface area contributed by atoms with E-state index < -0.39 is 0 Å². The van der Waals surface area contributed by atoms with Gasteiger partial charge in [-0.15, -0.1) is 11.3 Å². The number of anilines is 1. The first kappa shape index (κ1) is 10.6. The number of rotatable bonds is 2. The quantitative estimate of drug-likeness (QED) is 0.921. The minimum Gasteiger partial charge on any atom is -0.375 e. The van der Waals surface area contributed by atoms with Crippen LogP contribution in [0.25, 0.3) is 0 Å². The Bertz CT molecular complexity index is 484. The highest BCUT2D eigenvalue weighted by Gasteiger charge is 2.06. The summed E-state index contributed by atoms with van der Waals surface area (Å²) in [5.74, 6) is -0.204. The van der Waals surface area contributed by atoms with Crippen molar-refractivity contribution >= 4 is 32.4 Å². The SMILES string of the molecule is Nc1ncc(Cc2cc(Br)ccc2F)s1. The number of halogens is 2. The molecule has 78 valence electrons. The molecular weight excluding hydrogens is 279 g/mol. The fourth-order valence-electron chi connectivity index (χ4n) is 1.27. The lowest BCUT2D eigenvalue weighted by Crippen LogP contribution is -1.90. The van der Waals surface area contributed by atoms with Gasteiger partial charge < -0.3 is 5.73 Å². The van der Waals surface area contributed by atoms with Gasteiger partial charge in [0.25, 0.3) is 0 Å². The van der Waals surface area contributed by atoms with Crippen LogP contribution in [0.5, 0.6) is 0 Å². The zero-order valence-corrected chi connectivity index (χ0v) is 10.1. The first-order chi connectivity index (χ1) is 7.15. The third-order valence-electron chi connectivity index (χ3n) is 1.94. The van der Waals surface area contributed by atoms with Gasteiger partial charge in [-0.25, -0.2) is 9.37 Å². The van der Waals surface area contributed by atoms with E-state index in [-0.39, 0.29) is 5.82 Å². The maximum absolute atomic E-state index is 13.4. The molecule has 1 aromatic carbocycles. The molecule has 1 aromatic heterocycles. The zero-order valence-electron chi connectivity index (χ0n) is 7.71. The van der Waals surface area contributed by atoms with E-state index in [9.17, 15) is 4.39 Å². The van der Waals surface area contributed by atoms with E-state index >= 15 is 0 Å². The Hall–Kier alpha value is -0.940. The summed E-state index contributed by atoms with van der Waals surface area (Å²) in [7, 11) is 0. The summed E-state index contributed by atoms with van der Waals surface area (Å²) < 4.78 is 14.3. The van der Waals surface area contributed by atoms with E-state index in [1.54, 1.807) is 18.3 Å². The van der Waals surface area contributed by atoms with Gasteiger partial charge in [-0.1, -0.05) is 15.9 Å². The summed E-state index contributed by atoms with van der Waals surface area (Å²) in [4.78, 5) is 4.89. The Labute approximate surface area is 99.1 Å². The van der Waals surface area contributed by atoms with Crippen LogP contribution in [-0.2, 0) is 6.42 Å². The predicted molar refractivity (Wildman–Crippen MR) is 63.4 cm³/mol. The molecule has 1 heterocycles. The van der Waals surface area contributed by atoms with Crippen LogP contribution in [0.1, 0.15) is 10.4 Å². The topological polar surface area (TPSA) is 38.9 Å². The van der Waals surface area contributed by atoms with Gasteiger partial charge in [0, 0.05) is 22.0 Å². The van der Waals surface area contributed by atoms with E-state index in [0.29, 0.717) is 17.1 Å². The molecule has 0 saturated heterocycles. The molecule has 0 aliphatic heterocycles. The van der Waals surface area contributed by atoms with Crippen LogP contribution in [0.4, 0.5) is 9.52 Å². The van der Waals surface area contributed by atoms with Gasteiger partial charge in [0.1, 0.15) is 5.82 Å². The normalized spacial score (nSPS) is 10.5. The van der Waals surface area contributed by atoms with E-state index in [4.69, 9.17) is 5.73 Å². The average molecular weight is 287 g/mol. The second-order valence-corrected chi connectivity index (χ2v) is 5.14. The van der Waals surface area contributed by atoms with Crippen molar-refractivity contribution in [3.63, 3.8) is 0 Å². The third-order valence-corrected chi connectivity index (χ3v) is 3.26. The molecule has 5 heteroatoms. The Kier molecular flexibility index (Phi) is 3.02. The van der Waals surface area contributed by atoms with Crippen molar-refractivity contribution in [3.05, 3.63) is 45.1 Å². The molecule has 2 rings (SSSR count). The number of nitrogen functional groups attached to an aromatic ring is 1. The van der Waals surface area contributed by atoms with Crippen LogP contribution in [0.2, 0.25) is 0 Å². The molecule has 0 amide bonds. The molecule has 0 fully saturated rings. The Balaban J connectivity index is 2.27. The van der Waals surface area contributed by atoms with E-state index in [1.165, 1.54) is 17.4 Å². The molecule has 2 aromatic rings. The van der Waals surface area contributed by atoms with E-state index in [1.807, 2.05) is 0 Å². The first-order valence-corrected chi connectivity index (χ1v) is 5.90. The fourth-order valence-corrected chi connectivity index (χ4v) is 2.39. The molecule has 15 heavy (non-hydrogen) atoms. The summed E-state index contributed by atoms with van der Waals surface area (Å²) in [6, 6.07) is 4.90. The Morgan fingerprint density at radius 3 is 2.93 bits per heavy atom. The van der Waals surface area contributed by atoms with Gasteiger partial charge in [0.15, 0.2) is 5.13 Å². The molecular formula is C10H8BrFN2S. The minimum absolute atomic E-state index is 0.204. The molecule has 0 unspecified atom stereocenters. The van der Waals surface area contributed by atoms with Crippen molar-refractivity contribution in [3.8, 4) is 0 Å². The second kappa shape index (κ2) is 4.28. The van der Waals surface area contributed by atoms with Crippen molar-refractivity contribution in [2.75, 3.05) is 5.73 Å². The molecule has 0 aliphatic rings. The van der Waals surface area contributed by atoms with Gasteiger partial charge in [-0.2, -0.15) is 0 Å². The molecule has 0 bridgehead atoms. The highest BCUT2D eigenvalue weighted by molar-refractivity contribution is 9.10. The third kappa shape index (κ3) is 2.54.